The Balaban J connectivity index is 1.35. The average Bonchev–Trinajstić information content (AvgIpc) is 2.82. The molecule has 0 amide bonds. The molecule has 30 heavy (non-hydrogen) atoms. The smallest absolute Gasteiger partial charge is 0.257 e. The zero-order valence-electron chi connectivity index (χ0n) is 16.2. The first kappa shape index (κ1) is 18.3. The summed E-state index contributed by atoms with van der Waals surface area (Å²) in [6.07, 6.45) is 5.71. The summed E-state index contributed by atoms with van der Waals surface area (Å²) >= 11 is 0. The van der Waals surface area contributed by atoms with Crippen molar-refractivity contribution in [3.05, 3.63) is 66.7 Å². The summed E-state index contributed by atoms with van der Waals surface area (Å²) in [6, 6.07) is 13.8. The molecule has 0 fully saturated rings. The number of pyridine rings is 2. The fraction of sp³-hybridized carbons (Fsp3) is 0.182. The summed E-state index contributed by atoms with van der Waals surface area (Å²) < 4.78 is 11.3. The van der Waals surface area contributed by atoms with Gasteiger partial charge in [0, 0.05) is 41.5 Å². The highest BCUT2D eigenvalue weighted by Crippen LogP contribution is 2.31. The fourth-order valence-electron chi connectivity index (χ4n) is 3.46. The van der Waals surface area contributed by atoms with Gasteiger partial charge in [-0.05, 0) is 30.7 Å². The van der Waals surface area contributed by atoms with Crippen molar-refractivity contribution in [1.82, 2.24) is 19.9 Å². The maximum Gasteiger partial charge on any atom is 0.257 e. The Labute approximate surface area is 173 Å². The fourth-order valence-corrected chi connectivity index (χ4v) is 3.46. The van der Waals surface area contributed by atoms with Gasteiger partial charge in [0.1, 0.15) is 25.4 Å². The van der Waals surface area contributed by atoms with E-state index in [2.05, 4.69) is 26.0 Å². The van der Waals surface area contributed by atoms with E-state index in [0.717, 1.165) is 27.7 Å². The van der Waals surface area contributed by atoms with E-state index in [1.807, 2.05) is 36.4 Å². The molecule has 4 heterocycles. The van der Waals surface area contributed by atoms with E-state index in [1.165, 1.54) is 6.33 Å². The zero-order chi connectivity index (χ0) is 20.3. The van der Waals surface area contributed by atoms with E-state index in [-0.39, 0.29) is 0 Å². The molecule has 1 aliphatic rings. The van der Waals surface area contributed by atoms with Crippen molar-refractivity contribution < 1.29 is 9.47 Å². The summed E-state index contributed by atoms with van der Waals surface area (Å²) in [6.45, 7) is 1.59. The van der Waals surface area contributed by atoms with Crippen LogP contribution in [0.25, 0.3) is 22.2 Å². The molecule has 1 aliphatic heterocycles. The second kappa shape index (κ2) is 7.92. The molecule has 150 valence electrons. The lowest BCUT2D eigenvalue weighted by Crippen LogP contribution is -2.34. The third-order valence-electron chi connectivity index (χ3n) is 4.99. The maximum atomic E-state index is 6.30. The van der Waals surface area contributed by atoms with Crippen LogP contribution in [0.4, 0.5) is 5.82 Å². The Morgan fingerprint density at radius 1 is 0.933 bits per heavy atom. The van der Waals surface area contributed by atoms with Gasteiger partial charge in [0.25, 0.3) is 5.88 Å². The van der Waals surface area contributed by atoms with Crippen LogP contribution in [0.15, 0.2) is 61.2 Å². The second-order valence-corrected chi connectivity index (χ2v) is 6.92. The minimum Gasteiger partial charge on any atom is -0.484 e. The van der Waals surface area contributed by atoms with Crippen LogP contribution >= 0.6 is 0 Å². The first-order valence-corrected chi connectivity index (χ1v) is 9.71. The molecule has 0 atom stereocenters. The number of nitrogens with two attached hydrogens (primary N) is 1. The summed E-state index contributed by atoms with van der Waals surface area (Å²) in [5, 5.41) is 2.68. The molecule has 8 nitrogen and oxygen atoms in total. The summed E-state index contributed by atoms with van der Waals surface area (Å²) in [5.74, 6) is 8.19. The quantitative estimate of drug-likeness (QED) is 0.403. The standard InChI is InChI=1S/C22H20N6O2/c23-28(9-6-15-5-8-25-22-21(15)29-10-11-30-22)20-13-19(26-14-27-20)17-3-4-18-16(12-17)2-1-7-24-18/h1-5,7-8,12-14H,6,9-11,23H2. The highest BCUT2D eigenvalue weighted by atomic mass is 16.6. The van der Waals surface area contributed by atoms with Gasteiger partial charge in [0.05, 0.1) is 11.2 Å². The number of hydrogen-bond acceptors (Lipinski definition) is 8. The van der Waals surface area contributed by atoms with Gasteiger partial charge in [-0.2, -0.15) is 0 Å². The van der Waals surface area contributed by atoms with Crippen molar-refractivity contribution in [2.75, 3.05) is 24.8 Å². The summed E-state index contributed by atoms with van der Waals surface area (Å²) in [5.41, 5.74) is 3.75. The lowest BCUT2D eigenvalue weighted by molar-refractivity contribution is 0.163. The van der Waals surface area contributed by atoms with Crippen LogP contribution < -0.4 is 20.3 Å². The first-order valence-electron chi connectivity index (χ1n) is 9.71. The minimum absolute atomic E-state index is 0.515. The van der Waals surface area contributed by atoms with Crippen molar-refractivity contribution in [3.63, 3.8) is 0 Å². The Bertz CT molecular complexity index is 1200. The van der Waals surface area contributed by atoms with E-state index < -0.39 is 0 Å². The van der Waals surface area contributed by atoms with E-state index in [9.17, 15) is 0 Å². The molecule has 0 saturated carbocycles. The molecule has 0 unspecified atom stereocenters. The van der Waals surface area contributed by atoms with E-state index in [4.69, 9.17) is 15.3 Å². The molecule has 0 bridgehead atoms. The number of rotatable bonds is 5. The molecular formula is C22H20N6O2. The molecule has 2 N–H and O–H groups in total. The molecule has 0 saturated heterocycles. The maximum absolute atomic E-state index is 6.30. The van der Waals surface area contributed by atoms with E-state index >= 15 is 0 Å². The molecular weight excluding hydrogens is 380 g/mol. The van der Waals surface area contributed by atoms with Crippen molar-refractivity contribution in [3.8, 4) is 22.9 Å². The Hall–Kier alpha value is -3.78. The third-order valence-corrected chi connectivity index (χ3v) is 4.99. The van der Waals surface area contributed by atoms with Gasteiger partial charge in [-0.3, -0.25) is 9.99 Å². The molecule has 3 aromatic heterocycles. The van der Waals surface area contributed by atoms with Crippen LogP contribution in [0.1, 0.15) is 5.56 Å². The number of hydrazine groups is 1. The van der Waals surface area contributed by atoms with Gasteiger partial charge in [-0.25, -0.2) is 20.8 Å². The van der Waals surface area contributed by atoms with Gasteiger partial charge >= 0.3 is 0 Å². The highest BCUT2D eigenvalue weighted by molar-refractivity contribution is 5.83. The van der Waals surface area contributed by atoms with E-state index in [0.29, 0.717) is 43.6 Å². The van der Waals surface area contributed by atoms with Crippen LogP contribution in [-0.4, -0.2) is 39.7 Å². The van der Waals surface area contributed by atoms with Crippen LogP contribution in [0.3, 0.4) is 0 Å². The lowest BCUT2D eigenvalue weighted by atomic mass is 10.1. The Morgan fingerprint density at radius 2 is 1.87 bits per heavy atom. The van der Waals surface area contributed by atoms with Gasteiger partial charge in [-0.1, -0.05) is 12.1 Å². The number of hydrogen-bond donors (Lipinski definition) is 1. The van der Waals surface area contributed by atoms with E-state index in [1.54, 1.807) is 17.4 Å². The van der Waals surface area contributed by atoms with Gasteiger partial charge < -0.3 is 9.47 Å². The topological polar surface area (TPSA) is 99.3 Å². The summed E-state index contributed by atoms with van der Waals surface area (Å²) in [7, 11) is 0. The lowest BCUT2D eigenvalue weighted by Gasteiger charge is -2.22. The third kappa shape index (κ3) is 3.60. The number of aromatic nitrogens is 4. The number of ether oxygens (including phenoxy) is 2. The van der Waals surface area contributed by atoms with Crippen LogP contribution in [-0.2, 0) is 6.42 Å². The summed E-state index contributed by atoms with van der Waals surface area (Å²) in [4.78, 5) is 17.3. The van der Waals surface area contributed by atoms with Crippen LogP contribution in [0.5, 0.6) is 11.6 Å². The molecule has 4 aromatic rings. The molecule has 0 spiro atoms. The first-order chi connectivity index (χ1) is 14.8. The number of fused-ring (bicyclic) bond motifs is 2. The normalized spacial score (nSPS) is 12.7. The number of benzene rings is 1. The van der Waals surface area contributed by atoms with Gasteiger partial charge in [-0.15, -0.1) is 0 Å². The predicted octanol–water partition coefficient (Wildman–Crippen LogP) is 2.78. The van der Waals surface area contributed by atoms with Gasteiger partial charge in [0.2, 0.25) is 0 Å². The Kier molecular flexibility index (Phi) is 4.82. The van der Waals surface area contributed by atoms with Crippen molar-refractivity contribution in [1.29, 1.82) is 0 Å². The predicted molar refractivity (Wildman–Crippen MR) is 113 cm³/mol. The van der Waals surface area contributed by atoms with Crippen molar-refractivity contribution in [2.24, 2.45) is 5.84 Å². The molecule has 5 rings (SSSR count). The average molecular weight is 400 g/mol. The molecule has 1 aromatic carbocycles. The van der Waals surface area contributed by atoms with Crippen LogP contribution in [0.2, 0.25) is 0 Å². The highest BCUT2D eigenvalue weighted by Gasteiger charge is 2.17. The SMILES string of the molecule is NN(CCc1ccnc2c1OCCO2)c1cc(-c2ccc3ncccc3c2)ncn1. The monoisotopic (exact) mass is 400 g/mol. The van der Waals surface area contributed by atoms with Crippen LogP contribution in [0, 0.1) is 0 Å². The molecule has 8 heteroatoms. The molecule has 0 aliphatic carbocycles. The number of anilines is 1. The zero-order valence-corrected chi connectivity index (χ0v) is 16.2. The van der Waals surface area contributed by atoms with Crippen molar-refractivity contribution >= 4 is 16.7 Å². The largest absolute Gasteiger partial charge is 0.484 e. The molecule has 0 radical (unpaired) electrons. The Morgan fingerprint density at radius 3 is 2.83 bits per heavy atom. The minimum atomic E-state index is 0.515. The second-order valence-electron chi connectivity index (χ2n) is 6.92. The number of nitrogens with zero attached hydrogens (tertiary/aromatic N) is 5. The van der Waals surface area contributed by atoms with Crippen molar-refractivity contribution in [2.45, 2.75) is 6.42 Å². The van der Waals surface area contributed by atoms with Gasteiger partial charge in [0.15, 0.2) is 5.75 Å².